The van der Waals surface area contributed by atoms with Crippen molar-refractivity contribution in [1.82, 2.24) is 0 Å². The summed E-state index contributed by atoms with van der Waals surface area (Å²) >= 11 is 5.01. The minimum Gasteiger partial charge on any atom is -0.396 e. The average molecular weight is 367 g/mol. The third-order valence-electron chi connectivity index (χ3n) is 3.32. The molecule has 0 aliphatic carbocycles. The summed E-state index contributed by atoms with van der Waals surface area (Å²) in [4.78, 5) is 0.999. The Balaban J connectivity index is 2.31. The molecular weight excluding hydrogens is 348 g/mol. The molecule has 0 saturated heterocycles. The van der Waals surface area contributed by atoms with Crippen LogP contribution in [0.1, 0.15) is 29.7 Å². The van der Waals surface area contributed by atoms with Crippen molar-refractivity contribution in [3.63, 3.8) is 0 Å². The van der Waals surface area contributed by atoms with Crippen molar-refractivity contribution in [2.45, 2.75) is 24.3 Å². The van der Waals surface area contributed by atoms with E-state index < -0.39 is 6.10 Å². The highest BCUT2D eigenvalue weighted by molar-refractivity contribution is 9.10. The number of rotatable bonds is 6. The summed E-state index contributed by atoms with van der Waals surface area (Å²) in [5.74, 6) is 0.621. The molecule has 0 aromatic heterocycles. The summed E-state index contributed by atoms with van der Waals surface area (Å²) in [5.41, 5.74) is 3.01. The van der Waals surface area contributed by atoms with Crippen LogP contribution >= 0.6 is 27.7 Å². The molecule has 0 spiro atoms. The first-order valence-electron chi connectivity index (χ1n) is 6.95. The van der Waals surface area contributed by atoms with E-state index in [2.05, 4.69) is 35.0 Å². The highest BCUT2D eigenvalue weighted by Gasteiger charge is 2.15. The maximum Gasteiger partial charge on any atom is 0.105 e. The average Bonchev–Trinajstić information content (AvgIpc) is 2.53. The van der Waals surface area contributed by atoms with Gasteiger partial charge in [0.05, 0.1) is 6.61 Å². The van der Waals surface area contributed by atoms with Gasteiger partial charge in [-0.25, -0.2) is 0 Å². The molecule has 112 valence electrons. The van der Waals surface area contributed by atoms with E-state index in [0.29, 0.717) is 5.75 Å². The Kier molecular flexibility index (Phi) is 6.30. The molecular formula is C17H19BrO2S. The molecule has 21 heavy (non-hydrogen) atoms. The van der Waals surface area contributed by atoms with Gasteiger partial charge in [0.15, 0.2) is 0 Å². The lowest BCUT2D eigenvalue weighted by Gasteiger charge is -2.16. The molecule has 2 aromatic rings. The van der Waals surface area contributed by atoms with Crippen LogP contribution in [0.15, 0.2) is 51.8 Å². The molecule has 0 fully saturated rings. The van der Waals surface area contributed by atoms with Gasteiger partial charge in [-0.2, -0.15) is 0 Å². The van der Waals surface area contributed by atoms with E-state index in [1.54, 1.807) is 11.8 Å². The molecule has 0 amide bonds. The van der Waals surface area contributed by atoms with Crippen LogP contribution in [0.25, 0.3) is 0 Å². The molecule has 0 saturated carbocycles. The first-order valence-corrected chi connectivity index (χ1v) is 8.73. The van der Waals surface area contributed by atoms with E-state index in [1.165, 1.54) is 5.56 Å². The van der Waals surface area contributed by atoms with Gasteiger partial charge in [-0.1, -0.05) is 47.1 Å². The summed E-state index contributed by atoms with van der Waals surface area (Å²) in [7, 11) is 0. The summed E-state index contributed by atoms with van der Waals surface area (Å²) in [6.07, 6.45) is 0.333. The summed E-state index contributed by atoms with van der Waals surface area (Å²) in [6.45, 7) is 2.24. The fourth-order valence-electron chi connectivity index (χ4n) is 2.14. The maximum absolute atomic E-state index is 10.7. The minimum absolute atomic E-state index is 0.126. The molecule has 2 nitrogen and oxygen atoms in total. The molecule has 2 aromatic carbocycles. The van der Waals surface area contributed by atoms with E-state index in [4.69, 9.17) is 5.11 Å². The second-order valence-corrected chi connectivity index (χ2v) is 6.80. The number of benzene rings is 2. The SMILES string of the molecule is CCc1ccc(C(O)c2cc(Br)ccc2SCCO)cc1. The van der Waals surface area contributed by atoms with Crippen LogP contribution in [0.2, 0.25) is 0 Å². The predicted octanol–water partition coefficient (Wildman–Crippen LogP) is 4.18. The fourth-order valence-corrected chi connectivity index (χ4v) is 3.33. The molecule has 2 N–H and O–H groups in total. The Labute approximate surface area is 138 Å². The van der Waals surface area contributed by atoms with Crippen molar-refractivity contribution in [2.24, 2.45) is 0 Å². The van der Waals surface area contributed by atoms with E-state index in [0.717, 1.165) is 26.9 Å². The van der Waals surface area contributed by atoms with Crippen LogP contribution in [-0.2, 0) is 6.42 Å². The molecule has 0 aliphatic heterocycles. The third-order valence-corrected chi connectivity index (χ3v) is 4.88. The van der Waals surface area contributed by atoms with Crippen LogP contribution < -0.4 is 0 Å². The number of hydrogen-bond acceptors (Lipinski definition) is 3. The Morgan fingerprint density at radius 3 is 2.48 bits per heavy atom. The topological polar surface area (TPSA) is 40.5 Å². The van der Waals surface area contributed by atoms with Crippen LogP contribution in [0.4, 0.5) is 0 Å². The van der Waals surface area contributed by atoms with Gasteiger partial charge >= 0.3 is 0 Å². The van der Waals surface area contributed by atoms with Crippen molar-refractivity contribution >= 4 is 27.7 Å². The van der Waals surface area contributed by atoms with E-state index in [-0.39, 0.29) is 6.61 Å². The van der Waals surface area contributed by atoms with Gasteiger partial charge in [0.1, 0.15) is 6.10 Å². The van der Waals surface area contributed by atoms with Crippen molar-refractivity contribution in [3.05, 3.63) is 63.6 Å². The van der Waals surface area contributed by atoms with Gasteiger partial charge in [-0.15, -0.1) is 11.8 Å². The van der Waals surface area contributed by atoms with Crippen LogP contribution in [-0.4, -0.2) is 22.6 Å². The molecule has 0 aliphatic rings. The zero-order valence-electron chi connectivity index (χ0n) is 11.9. The highest BCUT2D eigenvalue weighted by atomic mass is 79.9. The molecule has 1 atom stereocenters. The van der Waals surface area contributed by atoms with Crippen molar-refractivity contribution in [3.8, 4) is 0 Å². The maximum atomic E-state index is 10.7. The monoisotopic (exact) mass is 366 g/mol. The Bertz CT molecular complexity index is 584. The van der Waals surface area contributed by atoms with Crippen molar-refractivity contribution < 1.29 is 10.2 Å². The summed E-state index contributed by atoms with van der Waals surface area (Å²) in [6, 6.07) is 13.9. The van der Waals surface area contributed by atoms with Gasteiger partial charge in [-0.05, 0) is 41.3 Å². The lowest BCUT2D eigenvalue weighted by atomic mass is 10.00. The number of halogens is 1. The Morgan fingerprint density at radius 1 is 1.14 bits per heavy atom. The largest absolute Gasteiger partial charge is 0.396 e. The van der Waals surface area contributed by atoms with Gasteiger partial charge < -0.3 is 10.2 Å². The first kappa shape index (κ1) is 16.6. The third kappa shape index (κ3) is 4.33. The van der Waals surface area contributed by atoms with E-state index in [1.807, 2.05) is 30.3 Å². The minimum atomic E-state index is -0.658. The number of thioether (sulfide) groups is 1. The Hall–Kier alpha value is -0.810. The van der Waals surface area contributed by atoms with E-state index in [9.17, 15) is 5.11 Å². The van der Waals surface area contributed by atoms with Crippen LogP contribution in [0.3, 0.4) is 0 Å². The van der Waals surface area contributed by atoms with Gasteiger partial charge in [-0.3, -0.25) is 0 Å². The molecule has 2 rings (SSSR count). The second kappa shape index (κ2) is 7.99. The van der Waals surface area contributed by atoms with Gasteiger partial charge in [0, 0.05) is 15.1 Å². The van der Waals surface area contributed by atoms with E-state index >= 15 is 0 Å². The van der Waals surface area contributed by atoms with Gasteiger partial charge in [0.25, 0.3) is 0 Å². The standard InChI is InChI=1S/C17H19BrO2S/c1-2-12-3-5-13(6-4-12)17(20)15-11-14(18)7-8-16(15)21-10-9-19/h3-8,11,17,19-20H,2,9-10H2,1H3. The highest BCUT2D eigenvalue weighted by Crippen LogP contribution is 2.33. The molecule has 0 heterocycles. The number of aliphatic hydroxyl groups excluding tert-OH is 2. The van der Waals surface area contributed by atoms with Crippen LogP contribution in [0, 0.1) is 0 Å². The molecule has 4 heteroatoms. The molecule has 0 radical (unpaired) electrons. The summed E-state index contributed by atoms with van der Waals surface area (Å²) < 4.78 is 0.940. The first-order chi connectivity index (χ1) is 10.2. The summed E-state index contributed by atoms with van der Waals surface area (Å²) in [5, 5.41) is 19.7. The smallest absolute Gasteiger partial charge is 0.105 e. The fraction of sp³-hybridized carbons (Fsp3) is 0.294. The molecule has 0 bridgehead atoms. The van der Waals surface area contributed by atoms with Crippen molar-refractivity contribution in [2.75, 3.05) is 12.4 Å². The Morgan fingerprint density at radius 2 is 1.86 bits per heavy atom. The lowest BCUT2D eigenvalue weighted by molar-refractivity contribution is 0.217. The number of aryl methyl sites for hydroxylation is 1. The van der Waals surface area contributed by atoms with Gasteiger partial charge in [0.2, 0.25) is 0 Å². The number of aliphatic hydroxyl groups is 2. The second-order valence-electron chi connectivity index (χ2n) is 4.75. The number of hydrogen-bond donors (Lipinski definition) is 2. The van der Waals surface area contributed by atoms with Crippen LogP contribution in [0.5, 0.6) is 0 Å². The van der Waals surface area contributed by atoms with Crippen molar-refractivity contribution in [1.29, 1.82) is 0 Å². The predicted molar refractivity (Wildman–Crippen MR) is 91.8 cm³/mol. The normalized spacial score (nSPS) is 12.4. The lowest BCUT2D eigenvalue weighted by Crippen LogP contribution is -2.02. The quantitative estimate of drug-likeness (QED) is 0.753. The zero-order chi connectivity index (χ0) is 15.2. The molecule has 1 unspecified atom stereocenters. The zero-order valence-corrected chi connectivity index (χ0v) is 14.3.